The van der Waals surface area contributed by atoms with Gasteiger partial charge in [0.1, 0.15) is 6.10 Å². The Bertz CT molecular complexity index is 787. The Morgan fingerprint density at radius 1 is 1.31 bits per heavy atom. The van der Waals surface area contributed by atoms with Gasteiger partial charge in [0.2, 0.25) is 0 Å². The van der Waals surface area contributed by atoms with Crippen LogP contribution in [0.25, 0.3) is 0 Å². The molecule has 1 saturated heterocycles. The molecule has 1 aliphatic heterocycles. The SMILES string of the molecule is CN(C)c1ccncc1C(=O)NC[C@H]1CC[C@@H](c2nc(C3CC3)no2)O1. The molecular weight excluding hydrogens is 334 g/mol. The molecule has 2 fully saturated rings. The van der Waals surface area contributed by atoms with Crippen LogP contribution in [-0.2, 0) is 4.74 Å². The van der Waals surface area contributed by atoms with E-state index in [2.05, 4.69) is 20.4 Å². The summed E-state index contributed by atoms with van der Waals surface area (Å²) in [6.07, 6.45) is 6.98. The van der Waals surface area contributed by atoms with E-state index in [0.29, 0.717) is 23.9 Å². The van der Waals surface area contributed by atoms with Crippen LogP contribution in [0.15, 0.2) is 23.0 Å². The van der Waals surface area contributed by atoms with Gasteiger partial charge in [-0.15, -0.1) is 0 Å². The molecule has 2 atom stereocenters. The van der Waals surface area contributed by atoms with Gasteiger partial charge in [-0.05, 0) is 31.7 Å². The quantitative estimate of drug-likeness (QED) is 0.846. The Balaban J connectivity index is 1.32. The predicted octanol–water partition coefficient (Wildman–Crippen LogP) is 2.06. The van der Waals surface area contributed by atoms with Gasteiger partial charge < -0.3 is 19.5 Å². The second-order valence-electron chi connectivity index (χ2n) is 7.09. The summed E-state index contributed by atoms with van der Waals surface area (Å²) < 4.78 is 11.3. The molecule has 26 heavy (non-hydrogen) atoms. The van der Waals surface area contributed by atoms with Gasteiger partial charge in [-0.25, -0.2) is 0 Å². The van der Waals surface area contributed by atoms with Gasteiger partial charge in [-0.3, -0.25) is 9.78 Å². The summed E-state index contributed by atoms with van der Waals surface area (Å²) >= 11 is 0. The van der Waals surface area contributed by atoms with Crippen molar-refractivity contribution in [1.82, 2.24) is 20.4 Å². The maximum absolute atomic E-state index is 12.5. The molecule has 0 spiro atoms. The minimum atomic E-state index is -0.173. The number of ether oxygens (including phenoxy) is 1. The summed E-state index contributed by atoms with van der Waals surface area (Å²) in [6.45, 7) is 0.445. The van der Waals surface area contributed by atoms with E-state index in [0.717, 1.165) is 37.2 Å². The highest BCUT2D eigenvalue weighted by Crippen LogP contribution is 2.39. The highest BCUT2D eigenvalue weighted by molar-refractivity contribution is 5.99. The number of hydrogen-bond acceptors (Lipinski definition) is 7. The molecule has 2 aliphatic rings. The molecule has 0 unspecified atom stereocenters. The van der Waals surface area contributed by atoms with Crippen LogP contribution in [0, 0.1) is 0 Å². The van der Waals surface area contributed by atoms with Crippen LogP contribution >= 0.6 is 0 Å². The molecule has 3 heterocycles. The first-order valence-corrected chi connectivity index (χ1v) is 9.00. The number of hydrogen-bond donors (Lipinski definition) is 1. The zero-order valence-electron chi connectivity index (χ0n) is 15.0. The summed E-state index contributed by atoms with van der Waals surface area (Å²) in [4.78, 5) is 22.9. The Morgan fingerprint density at radius 2 is 2.15 bits per heavy atom. The Kier molecular flexibility index (Phi) is 4.58. The van der Waals surface area contributed by atoms with Crippen molar-refractivity contribution < 1.29 is 14.1 Å². The fourth-order valence-corrected chi connectivity index (χ4v) is 3.18. The molecule has 2 aromatic heterocycles. The van der Waals surface area contributed by atoms with Crippen LogP contribution in [0.2, 0.25) is 0 Å². The van der Waals surface area contributed by atoms with E-state index in [1.807, 2.05) is 25.1 Å². The molecule has 0 bridgehead atoms. The molecule has 1 aliphatic carbocycles. The van der Waals surface area contributed by atoms with Crippen molar-refractivity contribution in [2.45, 2.75) is 43.8 Å². The van der Waals surface area contributed by atoms with Crippen molar-refractivity contribution in [2.24, 2.45) is 0 Å². The first-order valence-electron chi connectivity index (χ1n) is 9.00. The minimum Gasteiger partial charge on any atom is -0.377 e. The fourth-order valence-electron chi connectivity index (χ4n) is 3.18. The molecule has 1 amide bonds. The van der Waals surface area contributed by atoms with Gasteiger partial charge in [-0.1, -0.05) is 5.16 Å². The van der Waals surface area contributed by atoms with Crippen LogP contribution < -0.4 is 10.2 Å². The molecule has 0 aromatic carbocycles. The normalized spacial score (nSPS) is 22.4. The summed E-state index contributed by atoms with van der Waals surface area (Å²) in [5.41, 5.74) is 1.39. The minimum absolute atomic E-state index is 0.0558. The lowest BCUT2D eigenvalue weighted by Crippen LogP contribution is -2.32. The van der Waals surface area contributed by atoms with Gasteiger partial charge in [0.05, 0.1) is 17.4 Å². The van der Waals surface area contributed by atoms with E-state index in [1.54, 1.807) is 12.4 Å². The third-order valence-corrected chi connectivity index (χ3v) is 4.80. The van der Waals surface area contributed by atoms with E-state index < -0.39 is 0 Å². The molecule has 8 heteroatoms. The number of anilines is 1. The van der Waals surface area contributed by atoms with Crippen LogP contribution in [0.4, 0.5) is 5.69 Å². The van der Waals surface area contributed by atoms with E-state index in [4.69, 9.17) is 9.26 Å². The number of nitrogens with one attached hydrogen (secondary N) is 1. The average molecular weight is 357 g/mol. The second-order valence-corrected chi connectivity index (χ2v) is 7.09. The van der Waals surface area contributed by atoms with Crippen LogP contribution in [0.1, 0.15) is 59.8 Å². The van der Waals surface area contributed by atoms with Crippen LogP contribution in [0.5, 0.6) is 0 Å². The Labute approximate surface area is 151 Å². The number of amides is 1. The number of carbonyl (C=O) groups is 1. The molecule has 4 rings (SSSR count). The van der Waals surface area contributed by atoms with E-state index in [1.165, 1.54) is 0 Å². The van der Waals surface area contributed by atoms with E-state index >= 15 is 0 Å². The van der Waals surface area contributed by atoms with Gasteiger partial charge in [0.15, 0.2) is 5.82 Å². The smallest absolute Gasteiger partial charge is 0.255 e. The maximum atomic E-state index is 12.5. The average Bonchev–Trinajstić information content (AvgIpc) is 3.19. The maximum Gasteiger partial charge on any atom is 0.255 e. The van der Waals surface area contributed by atoms with Crippen LogP contribution in [0.3, 0.4) is 0 Å². The van der Waals surface area contributed by atoms with Crippen molar-refractivity contribution in [3.8, 4) is 0 Å². The highest BCUT2D eigenvalue weighted by Gasteiger charge is 2.34. The summed E-state index contributed by atoms with van der Waals surface area (Å²) in [7, 11) is 3.80. The first-order chi connectivity index (χ1) is 12.6. The molecular formula is C18H23N5O3. The zero-order valence-corrected chi connectivity index (χ0v) is 15.0. The molecule has 8 nitrogen and oxygen atoms in total. The molecule has 2 aromatic rings. The van der Waals surface area contributed by atoms with Crippen molar-refractivity contribution in [2.75, 3.05) is 25.5 Å². The van der Waals surface area contributed by atoms with Gasteiger partial charge >= 0.3 is 0 Å². The van der Waals surface area contributed by atoms with Gasteiger partial charge in [0, 0.05) is 39.0 Å². The summed E-state index contributed by atoms with van der Waals surface area (Å²) in [5.74, 6) is 1.67. The van der Waals surface area contributed by atoms with Crippen molar-refractivity contribution in [1.29, 1.82) is 0 Å². The largest absolute Gasteiger partial charge is 0.377 e. The van der Waals surface area contributed by atoms with Crippen molar-refractivity contribution in [3.05, 3.63) is 35.7 Å². The topological polar surface area (TPSA) is 93.4 Å². The Morgan fingerprint density at radius 3 is 2.92 bits per heavy atom. The Hall–Kier alpha value is -2.48. The molecule has 1 saturated carbocycles. The summed E-state index contributed by atoms with van der Waals surface area (Å²) in [6, 6.07) is 1.82. The molecule has 1 N–H and O–H groups in total. The lowest BCUT2D eigenvalue weighted by atomic mass is 10.1. The van der Waals surface area contributed by atoms with E-state index in [9.17, 15) is 4.79 Å². The fraction of sp³-hybridized carbons (Fsp3) is 0.556. The van der Waals surface area contributed by atoms with Crippen LogP contribution in [-0.4, -0.2) is 47.8 Å². The molecule has 138 valence electrons. The first kappa shape index (κ1) is 17.0. The number of aromatic nitrogens is 3. The predicted molar refractivity (Wildman–Crippen MR) is 94.0 cm³/mol. The number of carbonyl (C=O) groups excluding carboxylic acids is 1. The van der Waals surface area contributed by atoms with Gasteiger partial charge in [-0.2, -0.15) is 4.98 Å². The monoisotopic (exact) mass is 357 g/mol. The zero-order chi connectivity index (χ0) is 18.1. The number of rotatable bonds is 6. The summed E-state index contributed by atoms with van der Waals surface area (Å²) in [5, 5.41) is 6.98. The van der Waals surface area contributed by atoms with E-state index in [-0.39, 0.29) is 18.1 Å². The third-order valence-electron chi connectivity index (χ3n) is 4.80. The van der Waals surface area contributed by atoms with Gasteiger partial charge in [0.25, 0.3) is 11.8 Å². The second kappa shape index (κ2) is 7.03. The highest BCUT2D eigenvalue weighted by atomic mass is 16.5. The lowest BCUT2D eigenvalue weighted by molar-refractivity contribution is 0.0262. The van der Waals surface area contributed by atoms with Crippen molar-refractivity contribution in [3.63, 3.8) is 0 Å². The molecule has 0 radical (unpaired) electrons. The standard InChI is InChI=1S/C18H23N5O3/c1-23(2)14-7-8-19-10-13(14)17(24)20-9-12-5-6-15(25-12)18-21-16(22-26-18)11-3-4-11/h7-8,10-12,15H,3-6,9H2,1-2H3,(H,20,24)/t12-,15+/m1/s1. The van der Waals surface area contributed by atoms with Crippen molar-refractivity contribution >= 4 is 11.6 Å². The number of nitrogens with zero attached hydrogens (tertiary/aromatic N) is 4. The number of pyridine rings is 1. The third kappa shape index (κ3) is 3.55. The lowest BCUT2D eigenvalue weighted by Gasteiger charge is -2.17.